The molecule has 1 unspecified atom stereocenters. The van der Waals surface area contributed by atoms with Crippen LogP contribution in [0.4, 0.5) is 0 Å². The summed E-state index contributed by atoms with van der Waals surface area (Å²) in [5.74, 6) is -1.08. The van der Waals surface area contributed by atoms with Crippen LogP contribution in [0.15, 0.2) is 182 Å². The number of carbonyl (C=O) groups is 3. The van der Waals surface area contributed by atoms with E-state index in [1.165, 1.54) is 38.5 Å². The van der Waals surface area contributed by atoms with Gasteiger partial charge in [-0.25, -0.2) is 0 Å². The van der Waals surface area contributed by atoms with Gasteiger partial charge in [0.2, 0.25) is 0 Å². The lowest BCUT2D eigenvalue weighted by molar-refractivity contribution is -0.166. The van der Waals surface area contributed by atoms with Gasteiger partial charge in [-0.2, -0.15) is 0 Å². The van der Waals surface area contributed by atoms with Gasteiger partial charge in [-0.05, 0) is 103 Å². The van der Waals surface area contributed by atoms with Gasteiger partial charge in [0.25, 0.3) is 0 Å². The van der Waals surface area contributed by atoms with Crippen molar-refractivity contribution in [2.24, 2.45) is 0 Å². The number of allylic oxidation sites excluding steroid dienone is 30. The molecule has 0 fully saturated rings. The van der Waals surface area contributed by atoms with Crippen LogP contribution in [0.5, 0.6) is 0 Å². The van der Waals surface area contributed by atoms with Crippen LogP contribution < -0.4 is 0 Å². The van der Waals surface area contributed by atoms with E-state index in [4.69, 9.17) is 14.2 Å². The predicted octanol–water partition coefficient (Wildman–Crippen LogP) is 18.9. The van der Waals surface area contributed by atoms with E-state index in [1.54, 1.807) is 0 Å². The zero-order valence-corrected chi connectivity index (χ0v) is 45.4. The highest BCUT2D eigenvalue weighted by atomic mass is 16.6. The van der Waals surface area contributed by atoms with Crippen molar-refractivity contribution in [3.05, 3.63) is 182 Å². The van der Waals surface area contributed by atoms with Gasteiger partial charge < -0.3 is 14.2 Å². The van der Waals surface area contributed by atoms with Gasteiger partial charge in [-0.15, -0.1) is 0 Å². The number of ether oxygens (including phenoxy) is 3. The van der Waals surface area contributed by atoms with Crippen molar-refractivity contribution in [2.75, 3.05) is 13.2 Å². The van der Waals surface area contributed by atoms with E-state index in [0.29, 0.717) is 12.8 Å². The molecule has 0 aliphatic heterocycles. The predicted molar refractivity (Wildman–Crippen MR) is 311 cm³/mol. The first-order valence-corrected chi connectivity index (χ1v) is 27.9. The van der Waals surface area contributed by atoms with E-state index >= 15 is 0 Å². The molecule has 0 saturated heterocycles. The minimum Gasteiger partial charge on any atom is -0.462 e. The Labute approximate surface area is 440 Å². The van der Waals surface area contributed by atoms with Gasteiger partial charge in [0.1, 0.15) is 13.2 Å². The molecule has 0 radical (unpaired) electrons. The highest BCUT2D eigenvalue weighted by Gasteiger charge is 2.19. The van der Waals surface area contributed by atoms with Crippen LogP contribution in [0.2, 0.25) is 0 Å². The lowest BCUT2D eigenvalue weighted by atomic mass is 10.1. The molecule has 0 bridgehead atoms. The maximum absolute atomic E-state index is 12.9. The third-order valence-corrected chi connectivity index (χ3v) is 10.8. The third-order valence-electron chi connectivity index (χ3n) is 10.8. The Morgan fingerprint density at radius 3 is 1.04 bits per heavy atom. The molecule has 6 nitrogen and oxygen atoms in total. The second-order valence-electron chi connectivity index (χ2n) is 17.5. The molecular formula is C66H98O6. The fraction of sp³-hybridized carbons (Fsp3) is 0.500. The van der Waals surface area contributed by atoms with Crippen LogP contribution >= 0.6 is 0 Å². The summed E-state index contributed by atoms with van der Waals surface area (Å²) < 4.78 is 16.7. The molecule has 72 heavy (non-hydrogen) atoms. The van der Waals surface area contributed by atoms with Crippen molar-refractivity contribution in [3.63, 3.8) is 0 Å². The topological polar surface area (TPSA) is 78.9 Å². The molecule has 0 N–H and O–H groups in total. The highest BCUT2D eigenvalue weighted by molar-refractivity contribution is 5.71. The van der Waals surface area contributed by atoms with Crippen LogP contribution in [-0.4, -0.2) is 37.2 Å². The molecule has 0 aliphatic carbocycles. The summed E-state index contributed by atoms with van der Waals surface area (Å²) >= 11 is 0. The normalized spacial score (nSPS) is 13.5. The molecule has 0 aromatic rings. The van der Waals surface area contributed by atoms with Gasteiger partial charge in [-0.3, -0.25) is 14.4 Å². The Kier molecular flexibility index (Phi) is 53.7. The SMILES string of the molecule is CC\C=C/C=C\C=C/C=C\C=C\C=C/C=C\CCCCCC(=O)OCC(COC(=O)CC/C=C\C/C=C\C/C=C\C/C=C\C/C=C\CC)OC(=O)CCCCCCCCCCC/C=C\C/C=C\C/C=C\CC. The largest absolute Gasteiger partial charge is 0.462 e. The molecule has 0 heterocycles. The maximum atomic E-state index is 12.9. The lowest BCUT2D eigenvalue weighted by Crippen LogP contribution is -2.30. The summed E-state index contributed by atoms with van der Waals surface area (Å²) in [6.45, 7) is 6.13. The standard InChI is InChI=1S/C66H98O6/c1-4-7-10-13-16-19-22-25-28-31-33-35-38-41-44-47-50-53-56-59-65(68)71-62-63(61-70-64(67)58-55-52-49-46-43-40-37-30-27-24-21-18-15-12-9-6-3)72-66(69)60-57-54-51-48-45-42-39-36-34-32-29-26-23-20-17-14-11-8-5-2/h7-13,16-22,25-31,33,35,38,40-41,43-44,49,52,63H,4-6,14-15,23-24,32,34,36-37,39,42,45-48,50-51,53-62H2,1-3H3/b10-7-,11-8-,12-9-,16-13-,20-17-,21-18-,22-19-,28-25-,29-26-,30-27-,33-31+,38-35-,43-40-,44-41-,52-49-. The Hall–Kier alpha value is -5.49. The first kappa shape index (κ1) is 66.5. The van der Waals surface area contributed by atoms with Crippen molar-refractivity contribution in [1.29, 1.82) is 0 Å². The van der Waals surface area contributed by atoms with E-state index in [-0.39, 0.29) is 50.4 Å². The zero-order chi connectivity index (χ0) is 52.2. The van der Waals surface area contributed by atoms with Crippen LogP contribution in [0, 0.1) is 0 Å². The van der Waals surface area contributed by atoms with Crippen LogP contribution in [0.3, 0.4) is 0 Å². The molecular weight excluding hydrogens is 889 g/mol. The fourth-order valence-corrected chi connectivity index (χ4v) is 6.78. The van der Waals surface area contributed by atoms with Crippen molar-refractivity contribution in [2.45, 2.75) is 200 Å². The zero-order valence-electron chi connectivity index (χ0n) is 45.4. The molecule has 0 aromatic heterocycles. The molecule has 0 saturated carbocycles. The quantitative estimate of drug-likeness (QED) is 0.0199. The number of hydrogen-bond donors (Lipinski definition) is 0. The highest BCUT2D eigenvalue weighted by Crippen LogP contribution is 2.13. The van der Waals surface area contributed by atoms with E-state index < -0.39 is 6.10 Å². The van der Waals surface area contributed by atoms with Gasteiger partial charge in [-0.1, -0.05) is 254 Å². The van der Waals surface area contributed by atoms with Gasteiger partial charge >= 0.3 is 17.9 Å². The first-order valence-electron chi connectivity index (χ1n) is 27.9. The Balaban J connectivity index is 4.63. The third kappa shape index (κ3) is 55.4. The molecule has 6 heteroatoms. The summed E-state index contributed by atoms with van der Waals surface area (Å²) in [6, 6.07) is 0. The van der Waals surface area contributed by atoms with Crippen LogP contribution in [0.1, 0.15) is 194 Å². The van der Waals surface area contributed by atoms with Crippen LogP contribution in [0.25, 0.3) is 0 Å². The molecule has 0 aromatic carbocycles. The van der Waals surface area contributed by atoms with Crippen molar-refractivity contribution < 1.29 is 28.6 Å². The summed E-state index contributed by atoms with van der Waals surface area (Å²) in [4.78, 5) is 38.1. The summed E-state index contributed by atoms with van der Waals surface area (Å²) in [6.07, 6.45) is 87.4. The second kappa shape index (κ2) is 58.1. The number of rotatable bonds is 47. The monoisotopic (exact) mass is 987 g/mol. The molecule has 0 rings (SSSR count). The van der Waals surface area contributed by atoms with Gasteiger partial charge in [0.15, 0.2) is 6.10 Å². The average Bonchev–Trinajstić information content (AvgIpc) is 3.38. The van der Waals surface area contributed by atoms with Crippen molar-refractivity contribution in [3.8, 4) is 0 Å². The van der Waals surface area contributed by atoms with Crippen molar-refractivity contribution in [1.82, 2.24) is 0 Å². The number of carbonyl (C=O) groups excluding carboxylic acids is 3. The summed E-state index contributed by atoms with van der Waals surface area (Å²) in [7, 11) is 0. The van der Waals surface area contributed by atoms with E-state index in [2.05, 4.69) is 118 Å². The van der Waals surface area contributed by atoms with E-state index in [0.717, 1.165) is 103 Å². The molecule has 0 amide bonds. The second-order valence-corrected chi connectivity index (χ2v) is 17.5. The van der Waals surface area contributed by atoms with E-state index in [1.807, 2.05) is 85.1 Å². The molecule has 398 valence electrons. The van der Waals surface area contributed by atoms with Crippen molar-refractivity contribution >= 4 is 17.9 Å². The minimum absolute atomic E-state index is 0.137. The minimum atomic E-state index is -0.842. The summed E-state index contributed by atoms with van der Waals surface area (Å²) in [5.41, 5.74) is 0. The Morgan fingerprint density at radius 2 is 0.597 bits per heavy atom. The maximum Gasteiger partial charge on any atom is 0.306 e. The van der Waals surface area contributed by atoms with E-state index in [9.17, 15) is 14.4 Å². The number of hydrogen-bond acceptors (Lipinski definition) is 6. The Bertz CT molecular complexity index is 1750. The fourth-order valence-electron chi connectivity index (χ4n) is 6.78. The van der Waals surface area contributed by atoms with Crippen LogP contribution in [-0.2, 0) is 28.6 Å². The average molecular weight is 988 g/mol. The summed E-state index contributed by atoms with van der Waals surface area (Å²) in [5, 5.41) is 0. The molecule has 1 atom stereocenters. The number of esters is 3. The smallest absolute Gasteiger partial charge is 0.306 e. The Morgan fingerprint density at radius 1 is 0.292 bits per heavy atom. The molecule has 0 spiro atoms. The van der Waals surface area contributed by atoms with Gasteiger partial charge in [0, 0.05) is 19.3 Å². The lowest BCUT2D eigenvalue weighted by Gasteiger charge is -2.18. The molecule has 0 aliphatic rings. The van der Waals surface area contributed by atoms with Gasteiger partial charge in [0.05, 0.1) is 0 Å². The first-order chi connectivity index (χ1) is 35.5. The number of unbranched alkanes of at least 4 members (excludes halogenated alkanes) is 12.